The van der Waals surface area contributed by atoms with Crippen LogP contribution >= 0.6 is 23.2 Å². The number of carbonyl (C=O) groups excluding carboxylic acids is 1. The number of nitrogens with one attached hydrogen (secondary N) is 1. The molecule has 1 aromatic heterocycles. The fourth-order valence-corrected chi connectivity index (χ4v) is 2.28. The average Bonchev–Trinajstić information content (AvgIpc) is 2.85. The third kappa shape index (κ3) is 3.13. The Hall–Kier alpha value is -0.840. The molecular weight excluding hydrogens is 275 g/mol. The van der Waals surface area contributed by atoms with Crippen LogP contribution in [0.3, 0.4) is 0 Å². The molecule has 1 aromatic rings. The number of ether oxygens (including phenoxy) is 1. The molecule has 0 aliphatic carbocycles. The van der Waals surface area contributed by atoms with Crippen LogP contribution in [0.15, 0.2) is 12.1 Å². The summed E-state index contributed by atoms with van der Waals surface area (Å²) in [4.78, 5) is 15.9. The lowest BCUT2D eigenvalue weighted by Crippen LogP contribution is -2.41. The van der Waals surface area contributed by atoms with Crippen molar-refractivity contribution in [3.05, 3.63) is 28.0 Å². The van der Waals surface area contributed by atoms with Crippen molar-refractivity contribution in [3.8, 4) is 0 Å². The van der Waals surface area contributed by atoms with E-state index in [1.807, 2.05) is 6.92 Å². The molecule has 0 unspecified atom stereocenters. The Morgan fingerprint density at radius 1 is 1.56 bits per heavy atom. The van der Waals surface area contributed by atoms with Crippen LogP contribution in [-0.4, -0.2) is 29.6 Å². The molecule has 0 aromatic carbocycles. The zero-order valence-electron chi connectivity index (χ0n) is 9.95. The molecule has 0 saturated carbocycles. The highest BCUT2D eigenvalue weighted by Crippen LogP contribution is 2.19. The van der Waals surface area contributed by atoms with E-state index in [0.29, 0.717) is 0 Å². The van der Waals surface area contributed by atoms with Crippen LogP contribution < -0.4 is 5.32 Å². The molecule has 2 heterocycles. The molecule has 2 atom stereocenters. The first-order valence-electron chi connectivity index (χ1n) is 5.82. The summed E-state index contributed by atoms with van der Waals surface area (Å²) in [7, 11) is 0. The summed E-state index contributed by atoms with van der Waals surface area (Å²) >= 11 is 11.7. The first kappa shape index (κ1) is 13.6. The van der Waals surface area contributed by atoms with Crippen molar-refractivity contribution in [2.45, 2.75) is 31.9 Å². The third-order valence-corrected chi connectivity index (χ3v) is 3.42. The molecular formula is C12H14Cl2N2O2. The topological polar surface area (TPSA) is 51.2 Å². The Morgan fingerprint density at radius 2 is 2.33 bits per heavy atom. The van der Waals surface area contributed by atoms with Crippen LogP contribution in [0.4, 0.5) is 0 Å². The SMILES string of the molecule is C[C@@H](NC(=O)c1nc(Cl)ccc1Cl)[C@@H]1CCCO1. The molecule has 1 fully saturated rings. The molecule has 6 heteroatoms. The maximum absolute atomic E-state index is 12.0. The molecule has 1 amide bonds. The van der Waals surface area contributed by atoms with E-state index in [0.717, 1.165) is 19.4 Å². The molecule has 0 radical (unpaired) electrons. The maximum Gasteiger partial charge on any atom is 0.271 e. The summed E-state index contributed by atoms with van der Waals surface area (Å²) in [6.07, 6.45) is 2.05. The van der Waals surface area contributed by atoms with E-state index in [-0.39, 0.29) is 33.9 Å². The Labute approximate surface area is 116 Å². The highest BCUT2D eigenvalue weighted by Gasteiger charge is 2.25. The lowest BCUT2D eigenvalue weighted by atomic mass is 10.1. The normalized spacial score (nSPS) is 20.7. The number of pyridine rings is 1. The minimum Gasteiger partial charge on any atom is -0.376 e. The summed E-state index contributed by atoms with van der Waals surface area (Å²) < 4.78 is 5.51. The molecule has 0 bridgehead atoms. The van der Waals surface area contributed by atoms with Gasteiger partial charge in [-0.15, -0.1) is 0 Å². The van der Waals surface area contributed by atoms with Gasteiger partial charge in [0.05, 0.1) is 17.2 Å². The van der Waals surface area contributed by atoms with Gasteiger partial charge in [0.2, 0.25) is 0 Å². The minimum atomic E-state index is -0.328. The number of aromatic nitrogens is 1. The van der Waals surface area contributed by atoms with Gasteiger partial charge in [-0.2, -0.15) is 0 Å². The van der Waals surface area contributed by atoms with Gasteiger partial charge in [0.25, 0.3) is 5.91 Å². The van der Waals surface area contributed by atoms with Crippen LogP contribution in [-0.2, 0) is 4.74 Å². The number of amides is 1. The predicted molar refractivity (Wildman–Crippen MR) is 70.2 cm³/mol. The largest absolute Gasteiger partial charge is 0.376 e. The standard InChI is InChI=1S/C12H14Cl2N2O2/c1-7(9-3-2-6-18-9)15-12(17)11-8(13)4-5-10(14)16-11/h4-5,7,9H,2-3,6H2,1H3,(H,15,17)/t7-,9+/m1/s1. The molecule has 4 nitrogen and oxygen atoms in total. The number of hydrogen-bond donors (Lipinski definition) is 1. The molecule has 18 heavy (non-hydrogen) atoms. The van der Waals surface area contributed by atoms with Gasteiger partial charge < -0.3 is 10.1 Å². The van der Waals surface area contributed by atoms with Crippen molar-refractivity contribution in [1.82, 2.24) is 10.3 Å². The van der Waals surface area contributed by atoms with E-state index in [1.165, 1.54) is 0 Å². The highest BCUT2D eigenvalue weighted by molar-refractivity contribution is 6.34. The number of halogens is 2. The fourth-order valence-electron chi connectivity index (χ4n) is 1.94. The summed E-state index contributed by atoms with van der Waals surface area (Å²) in [5.74, 6) is -0.328. The smallest absolute Gasteiger partial charge is 0.271 e. The van der Waals surface area contributed by atoms with Crippen LogP contribution in [0.2, 0.25) is 10.2 Å². The lowest BCUT2D eigenvalue weighted by Gasteiger charge is -2.19. The number of hydrogen-bond acceptors (Lipinski definition) is 3. The van der Waals surface area contributed by atoms with E-state index >= 15 is 0 Å². The van der Waals surface area contributed by atoms with Gasteiger partial charge in [-0.25, -0.2) is 4.98 Å². The summed E-state index contributed by atoms with van der Waals surface area (Å²) in [5.41, 5.74) is 0.147. The van der Waals surface area contributed by atoms with Crippen molar-refractivity contribution >= 4 is 29.1 Å². The van der Waals surface area contributed by atoms with Gasteiger partial charge in [-0.1, -0.05) is 23.2 Å². The van der Waals surface area contributed by atoms with E-state index in [9.17, 15) is 4.79 Å². The number of nitrogens with zero attached hydrogens (tertiary/aromatic N) is 1. The van der Waals surface area contributed by atoms with Crippen molar-refractivity contribution in [2.75, 3.05) is 6.61 Å². The van der Waals surface area contributed by atoms with Gasteiger partial charge in [0.15, 0.2) is 0 Å². The van der Waals surface area contributed by atoms with Crippen LogP contribution in [0.5, 0.6) is 0 Å². The molecule has 0 spiro atoms. The summed E-state index contributed by atoms with van der Waals surface area (Å²) in [6.45, 7) is 2.66. The van der Waals surface area contributed by atoms with E-state index < -0.39 is 0 Å². The Morgan fingerprint density at radius 3 is 3.00 bits per heavy atom. The summed E-state index contributed by atoms with van der Waals surface area (Å²) in [6, 6.07) is 3.03. The second kappa shape index (κ2) is 5.87. The molecule has 1 N–H and O–H groups in total. The Bertz CT molecular complexity index is 448. The van der Waals surface area contributed by atoms with E-state index in [2.05, 4.69) is 10.3 Å². The first-order valence-corrected chi connectivity index (χ1v) is 6.58. The maximum atomic E-state index is 12.0. The molecule has 98 valence electrons. The molecule has 1 saturated heterocycles. The van der Waals surface area contributed by atoms with Crippen molar-refractivity contribution < 1.29 is 9.53 Å². The molecule has 2 rings (SSSR count). The van der Waals surface area contributed by atoms with Crippen LogP contribution in [0, 0.1) is 0 Å². The summed E-state index contributed by atoms with van der Waals surface area (Å²) in [5, 5.41) is 3.37. The zero-order valence-corrected chi connectivity index (χ0v) is 11.5. The van der Waals surface area contributed by atoms with Crippen molar-refractivity contribution in [2.24, 2.45) is 0 Å². The number of rotatable bonds is 3. The van der Waals surface area contributed by atoms with Gasteiger partial charge in [0, 0.05) is 6.61 Å². The molecule has 1 aliphatic rings. The highest BCUT2D eigenvalue weighted by atomic mass is 35.5. The van der Waals surface area contributed by atoms with Crippen LogP contribution in [0.25, 0.3) is 0 Å². The fraction of sp³-hybridized carbons (Fsp3) is 0.500. The Kier molecular flexibility index (Phi) is 4.43. The van der Waals surface area contributed by atoms with Gasteiger partial charge in [-0.05, 0) is 31.9 Å². The molecule has 1 aliphatic heterocycles. The predicted octanol–water partition coefficient (Wildman–Crippen LogP) is 2.69. The monoisotopic (exact) mass is 288 g/mol. The van der Waals surface area contributed by atoms with Crippen molar-refractivity contribution in [3.63, 3.8) is 0 Å². The second-order valence-corrected chi connectivity index (χ2v) is 5.07. The Balaban J connectivity index is 2.04. The van der Waals surface area contributed by atoms with Gasteiger partial charge >= 0.3 is 0 Å². The van der Waals surface area contributed by atoms with Crippen molar-refractivity contribution in [1.29, 1.82) is 0 Å². The third-order valence-electron chi connectivity index (χ3n) is 2.91. The van der Waals surface area contributed by atoms with Gasteiger partial charge in [0.1, 0.15) is 10.8 Å². The van der Waals surface area contributed by atoms with Crippen LogP contribution in [0.1, 0.15) is 30.3 Å². The zero-order chi connectivity index (χ0) is 13.1. The van der Waals surface area contributed by atoms with Gasteiger partial charge in [-0.3, -0.25) is 4.79 Å². The minimum absolute atomic E-state index is 0.0620. The second-order valence-electron chi connectivity index (χ2n) is 4.28. The van der Waals surface area contributed by atoms with E-state index in [4.69, 9.17) is 27.9 Å². The number of carbonyl (C=O) groups is 1. The lowest BCUT2D eigenvalue weighted by molar-refractivity contribution is 0.0709. The quantitative estimate of drug-likeness (QED) is 0.870. The van der Waals surface area contributed by atoms with E-state index in [1.54, 1.807) is 12.1 Å². The first-order chi connectivity index (χ1) is 8.58. The average molecular weight is 289 g/mol.